The standard InChI is InChI=1S/C10H19N3/c1-5-9(7(2)3)13-10-11-6-8(4)12-10/h6-7,9H,5H2,1-4H3,(H2,11,12,13). The molecule has 1 atom stereocenters. The Kier molecular flexibility index (Phi) is 3.34. The molecule has 13 heavy (non-hydrogen) atoms. The minimum absolute atomic E-state index is 0.505. The van der Waals surface area contributed by atoms with Crippen LogP contribution in [0.2, 0.25) is 0 Å². The van der Waals surface area contributed by atoms with E-state index >= 15 is 0 Å². The Morgan fingerprint density at radius 3 is 2.62 bits per heavy atom. The average molecular weight is 181 g/mol. The molecule has 1 unspecified atom stereocenters. The van der Waals surface area contributed by atoms with Gasteiger partial charge in [0, 0.05) is 17.9 Å². The van der Waals surface area contributed by atoms with Crippen LogP contribution in [-0.4, -0.2) is 16.0 Å². The molecule has 0 amide bonds. The van der Waals surface area contributed by atoms with Gasteiger partial charge in [0.1, 0.15) is 0 Å². The fraction of sp³-hybridized carbons (Fsp3) is 0.700. The number of anilines is 1. The summed E-state index contributed by atoms with van der Waals surface area (Å²) >= 11 is 0. The molecular formula is C10H19N3. The third kappa shape index (κ3) is 2.76. The van der Waals surface area contributed by atoms with Gasteiger partial charge in [-0.05, 0) is 19.3 Å². The molecular weight excluding hydrogens is 162 g/mol. The smallest absolute Gasteiger partial charge is 0.200 e. The van der Waals surface area contributed by atoms with Gasteiger partial charge >= 0.3 is 0 Å². The second-order valence-electron chi connectivity index (χ2n) is 3.82. The number of aryl methyl sites for hydroxylation is 1. The van der Waals surface area contributed by atoms with E-state index in [0.717, 1.165) is 18.1 Å². The molecule has 0 aliphatic rings. The topological polar surface area (TPSA) is 40.7 Å². The Bertz CT molecular complexity index is 252. The highest BCUT2D eigenvalue weighted by Gasteiger charge is 2.11. The maximum Gasteiger partial charge on any atom is 0.200 e. The Balaban J connectivity index is 2.56. The summed E-state index contributed by atoms with van der Waals surface area (Å²) in [6.07, 6.45) is 2.97. The van der Waals surface area contributed by atoms with Gasteiger partial charge in [0.15, 0.2) is 0 Å². The highest BCUT2D eigenvalue weighted by Crippen LogP contribution is 2.11. The first kappa shape index (κ1) is 10.1. The summed E-state index contributed by atoms with van der Waals surface area (Å²) in [7, 11) is 0. The molecule has 0 spiro atoms. The van der Waals surface area contributed by atoms with Gasteiger partial charge in [-0.15, -0.1) is 0 Å². The van der Waals surface area contributed by atoms with Crippen molar-refractivity contribution in [1.82, 2.24) is 9.97 Å². The fourth-order valence-electron chi connectivity index (χ4n) is 1.40. The number of nitrogens with one attached hydrogen (secondary N) is 2. The number of rotatable bonds is 4. The SMILES string of the molecule is CCC(Nc1ncc(C)[nH]1)C(C)C. The van der Waals surface area contributed by atoms with Gasteiger partial charge < -0.3 is 10.3 Å². The van der Waals surface area contributed by atoms with E-state index in [9.17, 15) is 0 Å². The molecule has 1 aromatic heterocycles. The molecule has 0 radical (unpaired) electrons. The molecule has 74 valence electrons. The number of hydrogen-bond donors (Lipinski definition) is 2. The van der Waals surface area contributed by atoms with Gasteiger partial charge in [-0.2, -0.15) is 0 Å². The molecule has 0 aliphatic heterocycles. The van der Waals surface area contributed by atoms with E-state index in [2.05, 4.69) is 36.1 Å². The monoisotopic (exact) mass is 181 g/mol. The van der Waals surface area contributed by atoms with Gasteiger partial charge in [0.25, 0.3) is 0 Å². The summed E-state index contributed by atoms with van der Waals surface area (Å²) in [5, 5.41) is 3.38. The number of nitrogens with zero attached hydrogens (tertiary/aromatic N) is 1. The Hall–Kier alpha value is -0.990. The molecule has 0 fully saturated rings. The molecule has 0 saturated heterocycles. The van der Waals surface area contributed by atoms with Crippen LogP contribution in [-0.2, 0) is 0 Å². The van der Waals surface area contributed by atoms with Crippen molar-refractivity contribution in [2.45, 2.75) is 40.2 Å². The van der Waals surface area contributed by atoms with E-state index in [0.29, 0.717) is 12.0 Å². The zero-order chi connectivity index (χ0) is 9.84. The zero-order valence-corrected chi connectivity index (χ0v) is 8.89. The van der Waals surface area contributed by atoms with E-state index in [-0.39, 0.29) is 0 Å². The van der Waals surface area contributed by atoms with Crippen molar-refractivity contribution in [2.75, 3.05) is 5.32 Å². The lowest BCUT2D eigenvalue weighted by atomic mass is 10.0. The molecule has 3 heteroatoms. The van der Waals surface area contributed by atoms with Crippen molar-refractivity contribution in [3.63, 3.8) is 0 Å². The van der Waals surface area contributed by atoms with Crippen LogP contribution in [0.25, 0.3) is 0 Å². The lowest BCUT2D eigenvalue weighted by Gasteiger charge is -2.19. The van der Waals surface area contributed by atoms with Crippen LogP contribution in [0.15, 0.2) is 6.20 Å². The van der Waals surface area contributed by atoms with E-state index in [1.54, 1.807) is 0 Å². The second kappa shape index (κ2) is 4.30. The summed E-state index contributed by atoms with van der Waals surface area (Å²) in [5.74, 6) is 1.52. The van der Waals surface area contributed by atoms with Crippen molar-refractivity contribution < 1.29 is 0 Å². The number of imidazole rings is 1. The molecule has 1 rings (SSSR count). The third-order valence-electron chi connectivity index (χ3n) is 2.27. The molecule has 2 N–H and O–H groups in total. The first-order chi connectivity index (χ1) is 6.13. The largest absolute Gasteiger partial charge is 0.353 e. The predicted octanol–water partition coefficient (Wildman–Crippen LogP) is 2.56. The van der Waals surface area contributed by atoms with Crippen LogP contribution < -0.4 is 5.32 Å². The van der Waals surface area contributed by atoms with Gasteiger partial charge in [0.05, 0.1) is 0 Å². The summed E-state index contributed by atoms with van der Waals surface area (Å²) in [4.78, 5) is 7.39. The molecule has 3 nitrogen and oxygen atoms in total. The van der Waals surface area contributed by atoms with Crippen LogP contribution >= 0.6 is 0 Å². The van der Waals surface area contributed by atoms with Crippen molar-refractivity contribution in [1.29, 1.82) is 0 Å². The lowest BCUT2D eigenvalue weighted by Crippen LogP contribution is -2.25. The van der Waals surface area contributed by atoms with E-state index in [1.165, 1.54) is 0 Å². The minimum atomic E-state index is 0.505. The van der Waals surface area contributed by atoms with Gasteiger partial charge in [-0.1, -0.05) is 20.8 Å². The third-order valence-corrected chi connectivity index (χ3v) is 2.27. The van der Waals surface area contributed by atoms with Crippen LogP contribution in [0.1, 0.15) is 32.9 Å². The molecule has 1 heterocycles. The summed E-state index contributed by atoms with van der Waals surface area (Å²) in [5.41, 5.74) is 1.10. The van der Waals surface area contributed by atoms with Gasteiger partial charge in [-0.25, -0.2) is 4.98 Å². The van der Waals surface area contributed by atoms with E-state index in [1.807, 2.05) is 13.1 Å². The molecule has 0 bridgehead atoms. The van der Waals surface area contributed by atoms with Crippen LogP contribution in [0.4, 0.5) is 5.95 Å². The highest BCUT2D eigenvalue weighted by molar-refractivity contribution is 5.27. The summed E-state index contributed by atoms with van der Waals surface area (Å²) in [6, 6.07) is 0.505. The van der Waals surface area contributed by atoms with Crippen LogP contribution in [0, 0.1) is 12.8 Å². The number of H-pyrrole nitrogens is 1. The van der Waals surface area contributed by atoms with Gasteiger partial charge in [-0.3, -0.25) is 0 Å². The van der Waals surface area contributed by atoms with E-state index in [4.69, 9.17) is 0 Å². The Labute approximate surface area is 80.0 Å². The van der Waals surface area contributed by atoms with Crippen molar-refractivity contribution in [3.8, 4) is 0 Å². The fourth-order valence-corrected chi connectivity index (χ4v) is 1.40. The first-order valence-corrected chi connectivity index (χ1v) is 4.91. The van der Waals surface area contributed by atoms with Crippen LogP contribution in [0.5, 0.6) is 0 Å². The van der Waals surface area contributed by atoms with Gasteiger partial charge in [0.2, 0.25) is 5.95 Å². The molecule has 0 saturated carbocycles. The Morgan fingerprint density at radius 1 is 1.54 bits per heavy atom. The molecule has 1 aromatic rings. The normalized spacial score (nSPS) is 13.3. The number of hydrogen-bond acceptors (Lipinski definition) is 2. The number of aromatic amines is 1. The summed E-state index contributed by atoms with van der Waals surface area (Å²) < 4.78 is 0. The quantitative estimate of drug-likeness (QED) is 0.749. The van der Waals surface area contributed by atoms with Crippen molar-refractivity contribution in [2.24, 2.45) is 5.92 Å². The van der Waals surface area contributed by atoms with Crippen molar-refractivity contribution in [3.05, 3.63) is 11.9 Å². The maximum atomic E-state index is 4.22. The highest BCUT2D eigenvalue weighted by atomic mass is 15.1. The first-order valence-electron chi connectivity index (χ1n) is 4.91. The zero-order valence-electron chi connectivity index (χ0n) is 8.89. The Morgan fingerprint density at radius 2 is 2.23 bits per heavy atom. The lowest BCUT2D eigenvalue weighted by molar-refractivity contribution is 0.508. The average Bonchev–Trinajstić information content (AvgIpc) is 2.46. The maximum absolute atomic E-state index is 4.22. The molecule has 0 aromatic carbocycles. The van der Waals surface area contributed by atoms with Crippen LogP contribution in [0.3, 0.4) is 0 Å². The van der Waals surface area contributed by atoms with Crippen molar-refractivity contribution >= 4 is 5.95 Å². The van der Waals surface area contributed by atoms with E-state index < -0.39 is 0 Å². The summed E-state index contributed by atoms with van der Waals surface area (Å²) in [6.45, 7) is 8.63. The minimum Gasteiger partial charge on any atom is -0.353 e. The number of aromatic nitrogens is 2. The molecule has 0 aliphatic carbocycles. The predicted molar refractivity (Wildman–Crippen MR) is 55.9 cm³/mol. The second-order valence-corrected chi connectivity index (χ2v) is 3.82.